The van der Waals surface area contributed by atoms with Gasteiger partial charge in [-0.15, -0.1) is 0 Å². The molecule has 0 bridgehead atoms. The van der Waals surface area contributed by atoms with Crippen molar-refractivity contribution in [2.24, 2.45) is 0 Å². The van der Waals surface area contributed by atoms with E-state index in [1.54, 1.807) is 6.92 Å². The van der Waals surface area contributed by atoms with Gasteiger partial charge < -0.3 is 10.0 Å². The van der Waals surface area contributed by atoms with E-state index in [2.05, 4.69) is 53.2 Å². The average Bonchev–Trinajstić information content (AvgIpc) is 2.27. The molecule has 1 rings (SSSR count). The summed E-state index contributed by atoms with van der Waals surface area (Å²) in [7, 11) is 2.10. The Hall–Kier alpha value is -0.190. The van der Waals surface area contributed by atoms with Crippen molar-refractivity contribution < 1.29 is 5.11 Å². The molecule has 0 aromatic heterocycles. The summed E-state index contributed by atoms with van der Waals surface area (Å²) in [5.74, 6) is 1.10. The molecule has 1 N–H and O–H groups in total. The summed E-state index contributed by atoms with van der Waals surface area (Å²) >= 11 is 5.36. The highest BCUT2D eigenvalue weighted by molar-refractivity contribution is 9.10. The van der Waals surface area contributed by atoms with Gasteiger partial charge in [0.05, 0.1) is 6.10 Å². The smallest absolute Gasteiger partial charge is 0.0772 e. The molecular weight excluding hydrogens is 298 g/mol. The maximum Gasteiger partial charge on any atom is 0.0772 e. The molecule has 0 saturated heterocycles. The molecule has 2 unspecified atom stereocenters. The topological polar surface area (TPSA) is 23.5 Å². The summed E-state index contributed by atoms with van der Waals surface area (Å²) in [6, 6.07) is 6.60. The third kappa shape index (κ3) is 3.90. The number of thioether (sulfide) groups is 1. The van der Waals surface area contributed by atoms with Crippen LogP contribution in [-0.2, 0) is 0 Å². The van der Waals surface area contributed by atoms with E-state index in [1.165, 1.54) is 5.69 Å². The number of halogens is 1. The molecule has 2 atom stereocenters. The molecule has 1 aromatic carbocycles. The molecule has 0 amide bonds. The summed E-state index contributed by atoms with van der Waals surface area (Å²) < 4.78 is 0.966. The quantitative estimate of drug-likeness (QED) is 0.896. The molecule has 96 valence electrons. The molecule has 0 radical (unpaired) electrons. The highest BCUT2D eigenvalue weighted by Crippen LogP contribution is 2.28. The van der Waals surface area contributed by atoms with Gasteiger partial charge in [-0.1, -0.05) is 22.0 Å². The van der Waals surface area contributed by atoms with Crippen LogP contribution < -0.4 is 4.90 Å². The Morgan fingerprint density at radius 1 is 1.41 bits per heavy atom. The molecule has 0 fully saturated rings. The van der Waals surface area contributed by atoms with E-state index in [0.717, 1.165) is 15.8 Å². The SMILES string of the molecule is CSCC(C)N(C)c1ccc(C(C)O)c(Br)c1. The zero-order chi connectivity index (χ0) is 13.0. The summed E-state index contributed by atoms with van der Waals surface area (Å²) in [6.45, 7) is 3.99. The highest BCUT2D eigenvalue weighted by atomic mass is 79.9. The molecule has 4 heteroatoms. The zero-order valence-corrected chi connectivity index (χ0v) is 13.2. The summed E-state index contributed by atoms with van der Waals surface area (Å²) in [6.07, 6.45) is 1.68. The summed E-state index contributed by atoms with van der Waals surface area (Å²) in [5.41, 5.74) is 2.10. The number of benzene rings is 1. The van der Waals surface area contributed by atoms with Crippen molar-refractivity contribution in [3.63, 3.8) is 0 Å². The maximum absolute atomic E-state index is 9.58. The van der Waals surface area contributed by atoms with E-state index in [0.29, 0.717) is 6.04 Å². The van der Waals surface area contributed by atoms with Gasteiger partial charge in [-0.05, 0) is 37.8 Å². The van der Waals surface area contributed by atoms with Crippen LogP contribution >= 0.6 is 27.7 Å². The third-order valence-electron chi connectivity index (χ3n) is 2.91. The van der Waals surface area contributed by atoms with Crippen molar-refractivity contribution in [1.82, 2.24) is 0 Å². The number of aliphatic hydroxyl groups excluding tert-OH is 1. The number of hydrogen-bond donors (Lipinski definition) is 1. The number of nitrogens with zero attached hydrogens (tertiary/aromatic N) is 1. The van der Waals surface area contributed by atoms with Crippen LogP contribution in [0.1, 0.15) is 25.5 Å². The van der Waals surface area contributed by atoms with Crippen molar-refractivity contribution >= 4 is 33.4 Å². The van der Waals surface area contributed by atoms with Gasteiger partial charge in [0.25, 0.3) is 0 Å². The van der Waals surface area contributed by atoms with Gasteiger partial charge in [-0.3, -0.25) is 0 Å². The second kappa shape index (κ2) is 6.66. The molecule has 1 aromatic rings. The molecule has 17 heavy (non-hydrogen) atoms. The van der Waals surface area contributed by atoms with Crippen molar-refractivity contribution in [3.8, 4) is 0 Å². The average molecular weight is 318 g/mol. The molecule has 0 aliphatic heterocycles. The first-order chi connectivity index (χ1) is 7.97. The van der Waals surface area contributed by atoms with Crippen LogP contribution in [0.2, 0.25) is 0 Å². The first-order valence-electron chi connectivity index (χ1n) is 5.66. The fourth-order valence-electron chi connectivity index (χ4n) is 1.68. The molecule has 0 heterocycles. The van der Waals surface area contributed by atoms with Crippen molar-refractivity contribution in [1.29, 1.82) is 0 Å². The van der Waals surface area contributed by atoms with E-state index >= 15 is 0 Å². The highest BCUT2D eigenvalue weighted by Gasteiger charge is 2.12. The van der Waals surface area contributed by atoms with Crippen LogP contribution in [-0.4, -0.2) is 30.2 Å². The van der Waals surface area contributed by atoms with Crippen LogP contribution in [0.3, 0.4) is 0 Å². The lowest BCUT2D eigenvalue weighted by Crippen LogP contribution is -2.30. The largest absolute Gasteiger partial charge is 0.389 e. The predicted molar refractivity (Wildman–Crippen MR) is 81.0 cm³/mol. The van der Waals surface area contributed by atoms with Crippen LogP contribution in [0.5, 0.6) is 0 Å². The first-order valence-corrected chi connectivity index (χ1v) is 7.85. The van der Waals surface area contributed by atoms with E-state index in [1.807, 2.05) is 17.8 Å². The van der Waals surface area contributed by atoms with E-state index in [4.69, 9.17) is 0 Å². The van der Waals surface area contributed by atoms with E-state index in [-0.39, 0.29) is 0 Å². The van der Waals surface area contributed by atoms with Crippen molar-refractivity contribution in [3.05, 3.63) is 28.2 Å². The zero-order valence-electron chi connectivity index (χ0n) is 10.8. The minimum atomic E-state index is -0.438. The van der Waals surface area contributed by atoms with Gasteiger partial charge in [0, 0.05) is 29.0 Å². The summed E-state index contributed by atoms with van der Waals surface area (Å²) in [5, 5.41) is 9.58. The first kappa shape index (κ1) is 14.9. The fourth-order valence-corrected chi connectivity index (χ4v) is 3.09. The van der Waals surface area contributed by atoms with Crippen LogP contribution in [0.25, 0.3) is 0 Å². The molecule has 0 saturated carbocycles. The number of rotatable bonds is 5. The lowest BCUT2D eigenvalue weighted by atomic mass is 10.1. The lowest BCUT2D eigenvalue weighted by molar-refractivity contribution is 0.198. The number of aliphatic hydroxyl groups is 1. The van der Waals surface area contributed by atoms with Gasteiger partial charge in [-0.2, -0.15) is 11.8 Å². The summed E-state index contributed by atoms with van der Waals surface area (Å²) in [4.78, 5) is 2.26. The van der Waals surface area contributed by atoms with Gasteiger partial charge in [0.2, 0.25) is 0 Å². The van der Waals surface area contributed by atoms with Gasteiger partial charge in [0.15, 0.2) is 0 Å². The van der Waals surface area contributed by atoms with Crippen LogP contribution in [0.15, 0.2) is 22.7 Å². The molecule has 0 spiro atoms. The van der Waals surface area contributed by atoms with Crippen molar-refractivity contribution in [2.45, 2.75) is 26.0 Å². The lowest BCUT2D eigenvalue weighted by Gasteiger charge is -2.27. The second-order valence-corrected chi connectivity index (χ2v) is 6.06. The van der Waals surface area contributed by atoms with Crippen molar-refractivity contribution in [2.75, 3.05) is 24.0 Å². The number of anilines is 1. The van der Waals surface area contributed by atoms with E-state index in [9.17, 15) is 5.11 Å². The van der Waals surface area contributed by atoms with Gasteiger partial charge in [0.1, 0.15) is 0 Å². The minimum absolute atomic E-state index is 0.438. The van der Waals surface area contributed by atoms with Gasteiger partial charge in [-0.25, -0.2) is 0 Å². The fraction of sp³-hybridized carbons (Fsp3) is 0.538. The van der Waals surface area contributed by atoms with Crippen LogP contribution in [0.4, 0.5) is 5.69 Å². The predicted octanol–water partition coefficient (Wildman–Crippen LogP) is 3.69. The molecule has 0 aliphatic rings. The Balaban J connectivity index is 2.89. The Labute approximate surface area is 117 Å². The van der Waals surface area contributed by atoms with Gasteiger partial charge >= 0.3 is 0 Å². The molecule has 0 aliphatic carbocycles. The monoisotopic (exact) mass is 317 g/mol. The third-order valence-corrected chi connectivity index (χ3v) is 4.41. The Morgan fingerprint density at radius 3 is 2.53 bits per heavy atom. The Kier molecular flexibility index (Phi) is 5.83. The number of hydrogen-bond acceptors (Lipinski definition) is 3. The minimum Gasteiger partial charge on any atom is -0.389 e. The second-order valence-electron chi connectivity index (χ2n) is 4.30. The Bertz CT molecular complexity index is 370. The standard InChI is InChI=1S/C13H20BrNOS/c1-9(8-17-4)15(3)11-5-6-12(10(2)16)13(14)7-11/h5-7,9-10,16H,8H2,1-4H3. The molecule has 2 nitrogen and oxygen atoms in total. The molecular formula is C13H20BrNOS. The van der Waals surface area contributed by atoms with Crippen LogP contribution in [0, 0.1) is 0 Å². The van der Waals surface area contributed by atoms with E-state index < -0.39 is 6.10 Å². The maximum atomic E-state index is 9.58. The Morgan fingerprint density at radius 2 is 2.06 bits per heavy atom. The normalized spacial score (nSPS) is 14.5.